The Balaban J connectivity index is 3.05. The van der Waals surface area contributed by atoms with Crippen molar-refractivity contribution in [3.8, 4) is 0 Å². The smallest absolute Gasteiger partial charge is 0.273 e. The number of hydrogen-bond acceptors (Lipinski definition) is 4. The summed E-state index contributed by atoms with van der Waals surface area (Å²) < 4.78 is 0. The van der Waals surface area contributed by atoms with Crippen molar-refractivity contribution in [1.82, 2.24) is 15.2 Å². The number of aromatic amines is 1. The van der Waals surface area contributed by atoms with E-state index in [0.717, 1.165) is 0 Å². The molecule has 0 fully saturated rings. The number of H-pyrrole nitrogens is 1. The lowest BCUT2D eigenvalue weighted by atomic mass is 10.3. The van der Waals surface area contributed by atoms with Crippen LogP contribution in [0.25, 0.3) is 10.9 Å². The summed E-state index contributed by atoms with van der Waals surface area (Å²) in [6.07, 6.45) is 1.57. The Morgan fingerprint density at radius 1 is 1.50 bits per heavy atom. The minimum absolute atomic E-state index is 0.241. The number of nitrogens with two attached hydrogens (primary N) is 1. The van der Waals surface area contributed by atoms with Gasteiger partial charge in [0.15, 0.2) is 5.82 Å². The molecular weight excluding hydrogens is 156 g/mol. The highest BCUT2D eigenvalue weighted by Gasteiger charge is 2.01. The Labute approximate surface area is 67.2 Å². The standard InChI is InChI=1S/C7H6N4O/c8-6-5-4(2-1-3-9-5)7(12)11-10-6/h1-3H,(H2,8,10)(H,11,12). The molecule has 0 saturated carbocycles. The van der Waals surface area contributed by atoms with E-state index in [4.69, 9.17) is 5.73 Å². The largest absolute Gasteiger partial charge is 0.380 e. The maximum absolute atomic E-state index is 11.1. The molecule has 60 valence electrons. The van der Waals surface area contributed by atoms with Crippen LogP contribution in [0.15, 0.2) is 23.1 Å². The summed E-state index contributed by atoms with van der Waals surface area (Å²) in [5.74, 6) is 0.241. The average Bonchev–Trinajstić information content (AvgIpc) is 2.12. The molecule has 2 aromatic heterocycles. The summed E-state index contributed by atoms with van der Waals surface area (Å²) in [5, 5.41) is 6.32. The highest BCUT2D eigenvalue weighted by molar-refractivity contribution is 5.85. The van der Waals surface area contributed by atoms with Crippen LogP contribution in [0.5, 0.6) is 0 Å². The number of fused-ring (bicyclic) bond motifs is 1. The lowest BCUT2D eigenvalue weighted by Crippen LogP contribution is -2.11. The number of nitrogens with one attached hydrogen (secondary N) is 1. The van der Waals surface area contributed by atoms with Crippen LogP contribution in [-0.4, -0.2) is 15.2 Å². The first-order chi connectivity index (χ1) is 5.79. The monoisotopic (exact) mass is 162 g/mol. The fourth-order valence-electron chi connectivity index (χ4n) is 1.02. The molecule has 2 aromatic rings. The molecule has 0 bridgehead atoms. The highest BCUT2D eigenvalue weighted by Crippen LogP contribution is 2.08. The molecule has 0 unspecified atom stereocenters. The fraction of sp³-hybridized carbons (Fsp3) is 0. The van der Waals surface area contributed by atoms with Crippen LogP contribution < -0.4 is 11.3 Å². The zero-order chi connectivity index (χ0) is 8.55. The van der Waals surface area contributed by atoms with Gasteiger partial charge >= 0.3 is 0 Å². The van der Waals surface area contributed by atoms with Crippen LogP contribution in [-0.2, 0) is 0 Å². The Morgan fingerprint density at radius 2 is 2.33 bits per heavy atom. The molecule has 0 saturated heterocycles. The van der Waals surface area contributed by atoms with Crippen molar-refractivity contribution in [1.29, 1.82) is 0 Å². The van der Waals surface area contributed by atoms with Gasteiger partial charge in [0.25, 0.3) is 5.56 Å². The molecule has 0 aliphatic carbocycles. The first-order valence-electron chi connectivity index (χ1n) is 3.38. The summed E-state index contributed by atoms with van der Waals surface area (Å²) >= 11 is 0. The second-order valence-corrected chi connectivity index (χ2v) is 2.34. The maximum atomic E-state index is 11.1. The minimum Gasteiger partial charge on any atom is -0.380 e. The molecule has 0 spiro atoms. The number of hydrogen-bond donors (Lipinski definition) is 2. The van der Waals surface area contributed by atoms with E-state index in [1.54, 1.807) is 18.3 Å². The fourth-order valence-corrected chi connectivity index (χ4v) is 1.02. The lowest BCUT2D eigenvalue weighted by molar-refractivity contribution is 1.01. The van der Waals surface area contributed by atoms with Gasteiger partial charge in [0.1, 0.15) is 5.52 Å². The number of nitrogen functional groups attached to an aromatic ring is 1. The van der Waals surface area contributed by atoms with Gasteiger partial charge in [0.05, 0.1) is 5.39 Å². The van der Waals surface area contributed by atoms with Gasteiger partial charge in [-0.2, -0.15) is 5.10 Å². The van der Waals surface area contributed by atoms with E-state index in [0.29, 0.717) is 10.9 Å². The molecule has 12 heavy (non-hydrogen) atoms. The zero-order valence-corrected chi connectivity index (χ0v) is 6.11. The van der Waals surface area contributed by atoms with Crippen LogP contribution >= 0.6 is 0 Å². The lowest BCUT2D eigenvalue weighted by Gasteiger charge is -1.96. The predicted molar refractivity (Wildman–Crippen MR) is 44.6 cm³/mol. The molecule has 5 heteroatoms. The molecule has 2 heterocycles. The normalized spacial score (nSPS) is 10.3. The van der Waals surface area contributed by atoms with Crippen molar-refractivity contribution in [2.45, 2.75) is 0 Å². The molecule has 0 aliphatic rings. The molecular formula is C7H6N4O. The Morgan fingerprint density at radius 3 is 3.08 bits per heavy atom. The van der Waals surface area contributed by atoms with Crippen molar-refractivity contribution in [3.63, 3.8) is 0 Å². The summed E-state index contributed by atoms with van der Waals surface area (Å²) in [5.41, 5.74) is 5.66. The van der Waals surface area contributed by atoms with Gasteiger partial charge in [-0.15, -0.1) is 0 Å². The summed E-state index contributed by atoms with van der Waals surface area (Å²) in [6.45, 7) is 0. The van der Waals surface area contributed by atoms with E-state index in [1.165, 1.54) is 0 Å². The first-order valence-corrected chi connectivity index (χ1v) is 3.38. The van der Waals surface area contributed by atoms with Gasteiger partial charge in [0.2, 0.25) is 0 Å². The second kappa shape index (κ2) is 2.30. The van der Waals surface area contributed by atoms with Crippen LogP contribution in [0.2, 0.25) is 0 Å². The van der Waals surface area contributed by atoms with Gasteiger partial charge in [-0.05, 0) is 12.1 Å². The van der Waals surface area contributed by atoms with E-state index < -0.39 is 0 Å². The third kappa shape index (κ3) is 0.833. The number of aromatic nitrogens is 3. The summed E-state index contributed by atoms with van der Waals surface area (Å²) in [4.78, 5) is 15.1. The van der Waals surface area contributed by atoms with Crippen molar-refractivity contribution in [2.75, 3.05) is 5.73 Å². The van der Waals surface area contributed by atoms with Crippen molar-refractivity contribution < 1.29 is 0 Å². The molecule has 3 N–H and O–H groups in total. The molecule has 0 aliphatic heterocycles. The van der Waals surface area contributed by atoms with Gasteiger partial charge in [-0.3, -0.25) is 9.78 Å². The Bertz CT molecular complexity index is 476. The van der Waals surface area contributed by atoms with E-state index >= 15 is 0 Å². The highest BCUT2D eigenvalue weighted by atomic mass is 16.1. The van der Waals surface area contributed by atoms with E-state index in [1.807, 2.05) is 0 Å². The topological polar surface area (TPSA) is 84.7 Å². The van der Waals surface area contributed by atoms with Gasteiger partial charge in [0, 0.05) is 6.20 Å². The first kappa shape index (κ1) is 6.78. The van der Waals surface area contributed by atoms with Crippen molar-refractivity contribution >= 4 is 16.7 Å². The molecule has 2 rings (SSSR count). The van der Waals surface area contributed by atoms with Crippen LogP contribution in [0.3, 0.4) is 0 Å². The second-order valence-electron chi connectivity index (χ2n) is 2.34. The van der Waals surface area contributed by atoms with Crippen LogP contribution in [0.1, 0.15) is 0 Å². The maximum Gasteiger partial charge on any atom is 0.273 e. The number of pyridine rings is 1. The van der Waals surface area contributed by atoms with Gasteiger partial charge < -0.3 is 5.73 Å². The van der Waals surface area contributed by atoms with E-state index in [-0.39, 0.29) is 11.4 Å². The van der Waals surface area contributed by atoms with Crippen LogP contribution in [0.4, 0.5) is 5.82 Å². The quantitative estimate of drug-likeness (QED) is 0.566. The summed E-state index contributed by atoms with van der Waals surface area (Å²) in [7, 11) is 0. The molecule has 0 atom stereocenters. The zero-order valence-electron chi connectivity index (χ0n) is 6.11. The molecule has 0 radical (unpaired) electrons. The van der Waals surface area contributed by atoms with Gasteiger partial charge in [-0.1, -0.05) is 0 Å². The van der Waals surface area contributed by atoms with E-state index in [9.17, 15) is 4.79 Å². The SMILES string of the molecule is Nc1n[nH]c(=O)c2cccnc12. The number of nitrogens with zero attached hydrogens (tertiary/aromatic N) is 2. The van der Waals surface area contributed by atoms with Crippen molar-refractivity contribution in [2.24, 2.45) is 0 Å². The van der Waals surface area contributed by atoms with Crippen LogP contribution in [0, 0.1) is 0 Å². The molecule has 0 aromatic carbocycles. The molecule has 5 nitrogen and oxygen atoms in total. The van der Waals surface area contributed by atoms with E-state index in [2.05, 4.69) is 15.2 Å². The molecule has 0 amide bonds. The Kier molecular flexibility index (Phi) is 1.30. The van der Waals surface area contributed by atoms with Gasteiger partial charge in [-0.25, -0.2) is 5.10 Å². The number of anilines is 1. The predicted octanol–water partition coefficient (Wildman–Crippen LogP) is -0.0997. The summed E-state index contributed by atoms with van der Waals surface area (Å²) in [6, 6.07) is 3.33. The van der Waals surface area contributed by atoms with Crippen molar-refractivity contribution in [3.05, 3.63) is 28.7 Å². The minimum atomic E-state index is -0.271. The Hall–Kier alpha value is -1.91. The third-order valence-corrected chi connectivity index (χ3v) is 1.57. The number of rotatable bonds is 0. The average molecular weight is 162 g/mol. The third-order valence-electron chi connectivity index (χ3n) is 1.57.